The van der Waals surface area contributed by atoms with Crippen molar-refractivity contribution in [3.8, 4) is 0 Å². The molecule has 5 nitrogen and oxygen atoms in total. The van der Waals surface area contributed by atoms with Crippen LogP contribution in [0.5, 0.6) is 0 Å². The lowest BCUT2D eigenvalue weighted by atomic mass is 9.97. The van der Waals surface area contributed by atoms with Crippen molar-refractivity contribution in [2.24, 2.45) is 5.92 Å². The molecule has 0 unspecified atom stereocenters. The molecule has 0 aromatic heterocycles. The van der Waals surface area contributed by atoms with E-state index in [1.807, 2.05) is 0 Å². The lowest BCUT2D eigenvalue weighted by molar-refractivity contribution is -0.114. The van der Waals surface area contributed by atoms with Crippen LogP contribution in [0.15, 0.2) is 24.3 Å². The van der Waals surface area contributed by atoms with Gasteiger partial charge in [-0.05, 0) is 63.2 Å². The van der Waals surface area contributed by atoms with E-state index in [4.69, 9.17) is 0 Å². The van der Waals surface area contributed by atoms with Crippen molar-refractivity contribution in [2.45, 2.75) is 19.8 Å². The molecule has 2 amide bonds. The number of piperidine rings is 1. The second-order valence-corrected chi connectivity index (χ2v) is 5.72. The first kappa shape index (κ1) is 15.5. The van der Waals surface area contributed by atoms with Crippen molar-refractivity contribution in [3.05, 3.63) is 29.8 Å². The summed E-state index contributed by atoms with van der Waals surface area (Å²) < 4.78 is 0. The zero-order chi connectivity index (χ0) is 15.2. The fraction of sp³-hybridized carbons (Fsp3) is 0.500. The topological polar surface area (TPSA) is 61.4 Å². The van der Waals surface area contributed by atoms with Gasteiger partial charge in [0.05, 0.1) is 0 Å². The molecule has 0 saturated carbocycles. The SMILES string of the molecule is CC(=O)Nc1ccc(C(=O)NCC2CCN(C)CC2)cc1. The van der Waals surface area contributed by atoms with E-state index < -0.39 is 0 Å². The highest BCUT2D eigenvalue weighted by Crippen LogP contribution is 2.15. The summed E-state index contributed by atoms with van der Waals surface area (Å²) in [7, 11) is 2.13. The van der Waals surface area contributed by atoms with Crippen LogP contribution in [0.4, 0.5) is 5.69 Å². The van der Waals surface area contributed by atoms with Crippen LogP contribution in [-0.4, -0.2) is 43.4 Å². The number of likely N-dealkylation sites (tertiary alicyclic amines) is 1. The average Bonchev–Trinajstić information content (AvgIpc) is 2.46. The van der Waals surface area contributed by atoms with E-state index in [0.717, 1.165) is 32.5 Å². The van der Waals surface area contributed by atoms with Crippen molar-refractivity contribution in [1.29, 1.82) is 0 Å². The summed E-state index contributed by atoms with van der Waals surface area (Å²) >= 11 is 0. The Bertz CT molecular complexity index is 491. The molecule has 1 aromatic carbocycles. The highest BCUT2D eigenvalue weighted by atomic mass is 16.2. The van der Waals surface area contributed by atoms with Crippen LogP contribution in [0, 0.1) is 5.92 Å². The number of nitrogens with one attached hydrogen (secondary N) is 2. The minimum atomic E-state index is -0.116. The molecule has 2 N–H and O–H groups in total. The molecular formula is C16H23N3O2. The van der Waals surface area contributed by atoms with Gasteiger partial charge in [0.2, 0.25) is 5.91 Å². The van der Waals surface area contributed by atoms with E-state index in [1.165, 1.54) is 6.92 Å². The number of anilines is 1. The third-order valence-corrected chi connectivity index (χ3v) is 3.86. The lowest BCUT2D eigenvalue weighted by Gasteiger charge is -2.28. The molecule has 5 heteroatoms. The maximum absolute atomic E-state index is 12.1. The number of nitrogens with zero attached hydrogens (tertiary/aromatic N) is 1. The Kier molecular flexibility index (Phi) is 5.33. The van der Waals surface area contributed by atoms with Gasteiger partial charge < -0.3 is 15.5 Å². The van der Waals surface area contributed by atoms with Gasteiger partial charge in [-0.15, -0.1) is 0 Å². The molecule has 1 aliphatic heterocycles. The number of rotatable bonds is 4. The Morgan fingerprint density at radius 1 is 1.19 bits per heavy atom. The largest absolute Gasteiger partial charge is 0.352 e. The van der Waals surface area contributed by atoms with Crippen molar-refractivity contribution < 1.29 is 9.59 Å². The molecule has 1 saturated heterocycles. The number of amides is 2. The van der Waals surface area contributed by atoms with Crippen LogP contribution in [0.1, 0.15) is 30.1 Å². The first-order valence-corrected chi connectivity index (χ1v) is 7.39. The molecule has 1 aromatic rings. The van der Waals surface area contributed by atoms with Crippen LogP contribution in [0.25, 0.3) is 0 Å². The molecule has 0 atom stereocenters. The molecule has 0 spiro atoms. The van der Waals surface area contributed by atoms with E-state index in [-0.39, 0.29) is 11.8 Å². The molecule has 114 valence electrons. The quantitative estimate of drug-likeness (QED) is 0.887. The molecule has 1 heterocycles. The molecular weight excluding hydrogens is 266 g/mol. The number of hydrogen-bond donors (Lipinski definition) is 2. The molecule has 21 heavy (non-hydrogen) atoms. The van der Waals surface area contributed by atoms with Crippen LogP contribution in [0.3, 0.4) is 0 Å². The Hall–Kier alpha value is -1.88. The number of carbonyl (C=O) groups excluding carboxylic acids is 2. The first-order valence-electron chi connectivity index (χ1n) is 7.39. The summed E-state index contributed by atoms with van der Waals surface area (Å²) in [4.78, 5) is 25.3. The molecule has 1 fully saturated rings. The van der Waals surface area contributed by atoms with Gasteiger partial charge in [0.25, 0.3) is 5.91 Å². The summed E-state index contributed by atoms with van der Waals surface area (Å²) in [5, 5.41) is 5.68. The molecule has 0 aliphatic carbocycles. The van der Waals surface area contributed by atoms with Gasteiger partial charge in [-0.3, -0.25) is 9.59 Å². The average molecular weight is 289 g/mol. The summed E-state index contributed by atoms with van der Waals surface area (Å²) in [6.45, 7) is 4.40. The van der Waals surface area contributed by atoms with Crippen molar-refractivity contribution in [1.82, 2.24) is 10.2 Å². The Morgan fingerprint density at radius 3 is 2.38 bits per heavy atom. The van der Waals surface area contributed by atoms with Gasteiger partial charge in [-0.1, -0.05) is 0 Å². The van der Waals surface area contributed by atoms with Crippen LogP contribution in [-0.2, 0) is 4.79 Å². The van der Waals surface area contributed by atoms with E-state index in [1.54, 1.807) is 24.3 Å². The third kappa shape index (κ3) is 4.86. The van der Waals surface area contributed by atoms with Gasteiger partial charge in [0, 0.05) is 24.7 Å². The first-order chi connectivity index (χ1) is 10.0. The third-order valence-electron chi connectivity index (χ3n) is 3.86. The predicted octanol–water partition coefficient (Wildman–Crippen LogP) is 1.72. The summed E-state index contributed by atoms with van der Waals surface area (Å²) in [5.74, 6) is 0.404. The molecule has 0 bridgehead atoms. The molecule has 1 aliphatic rings. The smallest absolute Gasteiger partial charge is 0.251 e. The van der Waals surface area contributed by atoms with Gasteiger partial charge in [0.1, 0.15) is 0 Å². The minimum absolute atomic E-state index is 0.0525. The van der Waals surface area contributed by atoms with Crippen LogP contribution < -0.4 is 10.6 Å². The fourth-order valence-electron chi connectivity index (χ4n) is 2.51. The van der Waals surface area contributed by atoms with Crippen LogP contribution in [0.2, 0.25) is 0 Å². The van der Waals surface area contributed by atoms with Crippen molar-refractivity contribution in [2.75, 3.05) is 32.0 Å². The number of hydrogen-bond acceptors (Lipinski definition) is 3. The predicted molar refractivity (Wildman–Crippen MR) is 83.3 cm³/mol. The van der Waals surface area contributed by atoms with Gasteiger partial charge in [-0.25, -0.2) is 0 Å². The van der Waals surface area contributed by atoms with Crippen molar-refractivity contribution >= 4 is 17.5 Å². The Balaban J connectivity index is 1.81. The Labute approximate surface area is 125 Å². The lowest BCUT2D eigenvalue weighted by Crippen LogP contribution is -2.36. The summed E-state index contributed by atoms with van der Waals surface area (Å²) in [5.41, 5.74) is 1.33. The maximum atomic E-state index is 12.1. The number of carbonyl (C=O) groups is 2. The second-order valence-electron chi connectivity index (χ2n) is 5.72. The highest BCUT2D eigenvalue weighted by Gasteiger charge is 2.17. The van der Waals surface area contributed by atoms with E-state index in [9.17, 15) is 9.59 Å². The van der Waals surface area contributed by atoms with E-state index in [2.05, 4.69) is 22.6 Å². The molecule has 2 rings (SSSR count). The summed E-state index contributed by atoms with van der Waals surface area (Å²) in [6.07, 6.45) is 2.27. The minimum Gasteiger partial charge on any atom is -0.352 e. The monoisotopic (exact) mass is 289 g/mol. The van der Waals surface area contributed by atoms with E-state index >= 15 is 0 Å². The van der Waals surface area contributed by atoms with Gasteiger partial charge in [0.15, 0.2) is 0 Å². The van der Waals surface area contributed by atoms with Crippen molar-refractivity contribution in [3.63, 3.8) is 0 Å². The van der Waals surface area contributed by atoms with Crippen LogP contribution >= 0.6 is 0 Å². The van der Waals surface area contributed by atoms with Gasteiger partial charge in [-0.2, -0.15) is 0 Å². The maximum Gasteiger partial charge on any atom is 0.251 e. The number of benzene rings is 1. The van der Waals surface area contributed by atoms with Gasteiger partial charge >= 0.3 is 0 Å². The highest BCUT2D eigenvalue weighted by molar-refractivity contribution is 5.95. The zero-order valence-electron chi connectivity index (χ0n) is 12.7. The fourth-order valence-corrected chi connectivity index (χ4v) is 2.51. The Morgan fingerprint density at radius 2 is 1.81 bits per heavy atom. The standard InChI is InChI=1S/C16H23N3O2/c1-12(20)18-15-5-3-14(4-6-15)16(21)17-11-13-7-9-19(2)10-8-13/h3-6,13H,7-11H2,1-2H3,(H,17,21)(H,18,20). The summed E-state index contributed by atoms with van der Waals surface area (Å²) in [6, 6.07) is 6.95. The normalized spacial score (nSPS) is 16.5. The zero-order valence-corrected chi connectivity index (χ0v) is 12.7. The van der Waals surface area contributed by atoms with E-state index in [0.29, 0.717) is 17.2 Å². The second kappa shape index (κ2) is 7.22. The molecule has 0 radical (unpaired) electrons.